The van der Waals surface area contributed by atoms with Crippen LogP contribution < -0.4 is 5.43 Å². The maximum Gasteiger partial charge on any atom is 0.416 e. The fourth-order valence-electron chi connectivity index (χ4n) is 3.51. The van der Waals surface area contributed by atoms with Crippen LogP contribution in [0.3, 0.4) is 0 Å². The molecular weight excluding hydrogens is 437 g/mol. The number of hydrazone groups is 1. The summed E-state index contributed by atoms with van der Waals surface area (Å²) in [7, 11) is 0. The van der Waals surface area contributed by atoms with Crippen molar-refractivity contribution >= 4 is 17.8 Å². The number of carbonyl (C=O) groups is 1. The second-order valence-corrected chi connectivity index (χ2v) is 7.56. The van der Waals surface area contributed by atoms with Gasteiger partial charge in [0.05, 0.1) is 28.8 Å². The molecule has 1 aromatic heterocycles. The van der Waals surface area contributed by atoms with Crippen LogP contribution >= 0.6 is 0 Å². The van der Waals surface area contributed by atoms with Gasteiger partial charge in [-0.3, -0.25) is 14.9 Å². The Labute approximate surface area is 187 Å². The fraction of sp³-hybridized carbons (Fsp3) is 0.217. The topological polar surface area (TPSA) is 89.5 Å². The van der Waals surface area contributed by atoms with Gasteiger partial charge in [0.2, 0.25) is 5.91 Å². The summed E-state index contributed by atoms with van der Waals surface area (Å²) in [5.41, 5.74) is 5.14. The number of benzene rings is 2. The maximum absolute atomic E-state index is 12.8. The Morgan fingerprint density at radius 3 is 2.55 bits per heavy atom. The Hall–Kier alpha value is -3.95. The lowest BCUT2D eigenvalue weighted by Crippen LogP contribution is -2.20. The van der Waals surface area contributed by atoms with Gasteiger partial charge in [-0.1, -0.05) is 24.3 Å². The first-order valence-corrected chi connectivity index (χ1v) is 9.89. The van der Waals surface area contributed by atoms with Crippen LogP contribution in [0.2, 0.25) is 0 Å². The number of alkyl halides is 3. The number of aromatic nitrogens is 1. The van der Waals surface area contributed by atoms with Crippen LogP contribution in [0.5, 0.6) is 0 Å². The van der Waals surface area contributed by atoms with Crippen LogP contribution in [0, 0.1) is 30.9 Å². The summed E-state index contributed by atoms with van der Waals surface area (Å²) in [6.45, 7) is 5.31. The number of nitrogens with one attached hydrogen (secondary N) is 1. The summed E-state index contributed by atoms with van der Waals surface area (Å²) in [6, 6.07) is 11.3. The van der Waals surface area contributed by atoms with Gasteiger partial charge in [-0.25, -0.2) is 5.43 Å². The molecule has 0 radical (unpaired) electrons. The number of hydrogen-bond donors (Lipinski definition) is 1. The molecule has 33 heavy (non-hydrogen) atoms. The highest BCUT2D eigenvalue weighted by Crippen LogP contribution is 2.29. The Morgan fingerprint density at radius 1 is 1.15 bits per heavy atom. The lowest BCUT2D eigenvalue weighted by atomic mass is 10.1. The Kier molecular flexibility index (Phi) is 6.66. The molecule has 0 aliphatic heterocycles. The van der Waals surface area contributed by atoms with E-state index in [4.69, 9.17) is 0 Å². The summed E-state index contributed by atoms with van der Waals surface area (Å²) in [6.07, 6.45) is -3.32. The number of rotatable bonds is 6. The van der Waals surface area contributed by atoms with Gasteiger partial charge in [-0.15, -0.1) is 0 Å². The SMILES string of the molecule is Cc1ccc(-n2c(C)cc(C=NNC(=O)Cc3cccc(C(F)(F)F)c3)c2C)cc1[N+](=O)[O-]. The summed E-state index contributed by atoms with van der Waals surface area (Å²) in [4.78, 5) is 22.9. The third-order valence-corrected chi connectivity index (χ3v) is 5.13. The summed E-state index contributed by atoms with van der Waals surface area (Å²) >= 11 is 0. The Bertz CT molecular complexity index is 1250. The molecule has 0 saturated heterocycles. The molecule has 1 N–H and O–H groups in total. The van der Waals surface area contributed by atoms with E-state index in [0.717, 1.165) is 23.5 Å². The highest BCUT2D eigenvalue weighted by atomic mass is 19.4. The first-order valence-electron chi connectivity index (χ1n) is 9.89. The molecule has 1 heterocycles. The summed E-state index contributed by atoms with van der Waals surface area (Å²) in [5.74, 6) is -0.562. The van der Waals surface area contributed by atoms with Gasteiger partial charge in [0, 0.05) is 28.6 Å². The van der Waals surface area contributed by atoms with E-state index in [1.54, 1.807) is 19.1 Å². The van der Waals surface area contributed by atoms with Crippen molar-refractivity contribution in [3.05, 3.63) is 92.3 Å². The summed E-state index contributed by atoms with van der Waals surface area (Å²) in [5, 5.41) is 15.2. The van der Waals surface area contributed by atoms with E-state index in [9.17, 15) is 28.1 Å². The van der Waals surface area contributed by atoms with Crippen LogP contribution in [0.15, 0.2) is 53.6 Å². The third kappa shape index (κ3) is 5.46. The number of nitro groups is 1. The first kappa shape index (κ1) is 23.7. The van der Waals surface area contributed by atoms with Gasteiger partial charge in [0.1, 0.15) is 0 Å². The molecule has 0 saturated carbocycles. The predicted octanol–water partition coefficient (Wildman–Crippen LogP) is 5.02. The van der Waals surface area contributed by atoms with Gasteiger partial charge >= 0.3 is 6.18 Å². The van der Waals surface area contributed by atoms with Gasteiger partial charge in [0.25, 0.3) is 5.69 Å². The molecule has 1 amide bonds. The number of hydrogen-bond acceptors (Lipinski definition) is 4. The quantitative estimate of drug-likeness (QED) is 0.319. The number of nitro benzene ring substituents is 1. The molecule has 7 nitrogen and oxygen atoms in total. The van der Waals surface area contributed by atoms with Crippen LogP contribution in [0.4, 0.5) is 18.9 Å². The van der Waals surface area contributed by atoms with Crippen molar-refractivity contribution in [2.24, 2.45) is 5.10 Å². The lowest BCUT2D eigenvalue weighted by molar-refractivity contribution is -0.385. The zero-order valence-corrected chi connectivity index (χ0v) is 18.1. The van der Waals surface area contributed by atoms with Gasteiger partial charge < -0.3 is 4.57 Å². The predicted molar refractivity (Wildman–Crippen MR) is 118 cm³/mol. The molecule has 0 fully saturated rings. The molecular formula is C23H21F3N4O3. The van der Waals surface area contributed by atoms with E-state index in [1.165, 1.54) is 24.4 Å². The Balaban J connectivity index is 1.74. The fourth-order valence-corrected chi connectivity index (χ4v) is 3.51. The zero-order chi connectivity index (χ0) is 24.3. The van der Waals surface area contributed by atoms with Gasteiger partial charge in [-0.2, -0.15) is 18.3 Å². The number of carbonyl (C=O) groups excluding carboxylic acids is 1. The van der Waals surface area contributed by atoms with E-state index in [-0.39, 0.29) is 17.7 Å². The van der Waals surface area contributed by atoms with Crippen molar-refractivity contribution in [2.45, 2.75) is 33.4 Å². The van der Waals surface area contributed by atoms with E-state index in [1.807, 2.05) is 24.5 Å². The molecule has 0 aliphatic rings. The molecule has 0 spiro atoms. The smallest absolute Gasteiger partial charge is 0.318 e. The molecule has 0 aliphatic carbocycles. The lowest BCUT2D eigenvalue weighted by Gasteiger charge is -2.10. The zero-order valence-electron chi connectivity index (χ0n) is 18.1. The van der Waals surface area contributed by atoms with Crippen molar-refractivity contribution in [3.63, 3.8) is 0 Å². The van der Waals surface area contributed by atoms with Gasteiger partial charge in [0.15, 0.2) is 0 Å². The van der Waals surface area contributed by atoms with Gasteiger partial charge in [-0.05, 0) is 44.5 Å². The molecule has 3 aromatic rings. The molecule has 10 heteroatoms. The minimum atomic E-state index is -4.48. The van der Waals surface area contributed by atoms with Crippen LogP contribution in [0.25, 0.3) is 5.69 Å². The number of aryl methyl sites for hydroxylation is 2. The maximum atomic E-state index is 12.8. The normalized spacial score (nSPS) is 11.7. The minimum absolute atomic E-state index is 0.0112. The van der Waals surface area contributed by atoms with Crippen LogP contribution in [0.1, 0.15) is 33.6 Å². The second kappa shape index (κ2) is 9.27. The monoisotopic (exact) mass is 458 g/mol. The highest BCUT2D eigenvalue weighted by molar-refractivity contribution is 5.85. The molecule has 3 rings (SSSR count). The average molecular weight is 458 g/mol. The molecule has 0 bridgehead atoms. The molecule has 0 atom stereocenters. The van der Waals surface area contributed by atoms with Crippen LogP contribution in [-0.4, -0.2) is 21.6 Å². The largest absolute Gasteiger partial charge is 0.416 e. The first-order chi connectivity index (χ1) is 15.5. The van der Waals surface area contributed by atoms with Crippen molar-refractivity contribution in [1.29, 1.82) is 0 Å². The molecule has 172 valence electrons. The molecule has 2 aromatic carbocycles. The number of nitrogens with zero attached hydrogens (tertiary/aromatic N) is 3. The van der Waals surface area contributed by atoms with Crippen molar-refractivity contribution in [1.82, 2.24) is 9.99 Å². The Morgan fingerprint density at radius 2 is 1.88 bits per heavy atom. The van der Waals surface area contributed by atoms with E-state index < -0.39 is 22.6 Å². The third-order valence-electron chi connectivity index (χ3n) is 5.13. The average Bonchev–Trinajstić information content (AvgIpc) is 3.01. The van der Waals surface area contributed by atoms with Crippen LogP contribution in [-0.2, 0) is 17.4 Å². The van der Waals surface area contributed by atoms with Crippen molar-refractivity contribution in [2.75, 3.05) is 0 Å². The highest BCUT2D eigenvalue weighted by Gasteiger charge is 2.30. The number of halogens is 3. The second-order valence-electron chi connectivity index (χ2n) is 7.56. The molecule has 0 unspecified atom stereocenters. The van der Waals surface area contributed by atoms with Crippen molar-refractivity contribution in [3.8, 4) is 5.69 Å². The summed E-state index contributed by atoms with van der Waals surface area (Å²) < 4.78 is 40.3. The van der Waals surface area contributed by atoms with Crippen molar-refractivity contribution < 1.29 is 22.9 Å². The van der Waals surface area contributed by atoms with E-state index in [2.05, 4.69) is 10.5 Å². The standard InChI is InChI=1S/C23H21F3N4O3/c1-14-7-8-20(12-21(14)30(32)33)29-15(2)9-18(16(29)3)13-27-28-22(31)11-17-5-4-6-19(10-17)23(24,25)26/h4-10,12-13H,11H2,1-3H3,(H,28,31). The number of amides is 1. The van der Waals surface area contributed by atoms with E-state index >= 15 is 0 Å². The van der Waals surface area contributed by atoms with E-state index in [0.29, 0.717) is 16.8 Å². The minimum Gasteiger partial charge on any atom is -0.318 e.